The van der Waals surface area contributed by atoms with E-state index in [4.69, 9.17) is 9.16 Å². The van der Waals surface area contributed by atoms with Crippen molar-refractivity contribution in [2.75, 3.05) is 6.61 Å². The molecule has 0 heterocycles. The van der Waals surface area contributed by atoms with E-state index >= 15 is 0 Å². The van der Waals surface area contributed by atoms with E-state index in [0.29, 0.717) is 25.9 Å². The molecule has 1 aromatic rings. The predicted octanol–water partition coefficient (Wildman–Crippen LogP) is 2.89. The van der Waals surface area contributed by atoms with Crippen LogP contribution in [0.5, 0.6) is 0 Å². The van der Waals surface area contributed by atoms with E-state index in [2.05, 4.69) is 31.8 Å². The number of esters is 1. The summed E-state index contributed by atoms with van der Waals surface area (Å²) in [5.74, 6) is -0.329. The first-order chi connectivity index (χ1) is 11.8. The second-order valence-electron chi connectivity index (χ2n) is 7.37. The molecule has 1 aliphatic rings. The van der Waals surface area contributed by atoms with Crippen LogP contribution in [-0.2, 0) is 18.8 Å². The molecule has 0 aromatic heterocycles. The van der Waals surface area contributed by atoms with Crippen LogP contribution in [0.15, 0.2) is 30.3 Å². The Kier molecular flexibility index (Phi) is 7.03. The molecule has 6 heteroatoms. The van der Waals surface area contributed by atoms with Crippen molar-refractivity contribution in [1.29, 1.82) is 0 Å². The van der Waals surface area contributed by atoms with Gasteiger partial charge in [-0.15, -0.1) is 0 Å². The van der Waals surface area contributed by atoms with Crippen LogP contribution in [0.3, 0.4) is 0 Å². The molecule has 0 spiro atoms. The van der Waals surface area contributed by atoms with Gasteiger partial charge in [0.05, 0.1) is 0 Å². The molecule has 25 heavy (non-hydrogen) atoms. The SMILES string of the molecule is CCOC(=O)C1(CC(O[Si](C)(C)C)[Se]c2ccccc2)CCCC1=O. The van der Waals surface area contributed by atoms with E-state index in [-0.39, 0.29) is 31.7 Å². The van der Waals surface area contributed by atoms with Gasteiger partial charge in [0.1, 0.15) is 0 Å². The van der Waals surface area contributed by atoms with Crippen molar-refractivity contribution in [2.24, 2.45) is 5.41 Å². The van der Waals surface area contributed by atoms with Crippen molar-refractivity contribution < 1.29 is 18.8 Å². The summed E-state index contributed by atoms with van der Waals surface area (Å²) in [6.07, 6.45) is 2.26. The van der Waals surface area contributed by atoms with Gasteiger partial charge in [0, 0.05) is 0 Å². The zero-order valence-electron chi connectivity index (χ0n) is 15.5. The van der Waals surface area contributed by atoms with Crippen LogP contribution in [0.25, 0.3) is 0 Å². The molecular formula is C19H28O4SeSi. The van der Waals surface area contributed by atoms with Crippen molar-refractivity contribution >= 4 is 39.5 Å². The molecular weight excluding hydrogens is 399 g/mol. The molecule has 0 N–H and O–H groups in total. The molecule has 0 radical (unpaired) electrons. The zero-order chi connectivity index (χ0) is 18.5. The van der Waals surface area contributed by atoms with E-state index in [9.17, 15) is 9.59 Å². The molecule has 1 saturated carbocycles. The van der Waals surface area contributed by atoms with Crippen molar-refractivity contribution in [1.82, 2.24) is 0 Å². The number of hydrogen-bond donors (Lipinski definition) is 0. The Hall–Kier alpha value is -0.944. The first-order valence-corrected chi connectivity index (χ1v) is 14.1. The quantitative estimate of drug-likeness (QED) is 0.364. The Balaban J connectivity index is 2.25. The van der Waals surface area contributed by atoms with E-state index < -0.39 is 13.7 Å². The molecule has 1 fully saturated rings. The topological polar surface area (TPSA) is 52.6 Å². The van der Waals surface area contributed by atoms with Crippen molar-refractivity contribution in [3.8, 4) is 0 Å². The summed E-state index contributed by atoms with van der Waals surface area (Å²) >= 11 is 0.0455. The summed E-state index contributed by atoms with van der Waals surface area (Å²) in [5, 5.41) is -0.0898. The third-order valence-electron chi connectivity index (χ3n) is 4.22. The number of ketones is 1. The van der Waals surface area contributed by atoms with Crippen LogP contribution in [-0.4, -0.2) is 46.6 Å². The summed E-state index contributed by atoms with van der Waals surface area (Å²) in [7, 11) is -1.80. The number of benzene rings is 1. The van der Waals surface area contributed by atoms with Crippen molar-refractivity contribution in [3.05, 3.63) is 30.3 Å². The Morgan fingerprint density at radius 1 is 1.28 bits per heavy atom. The maximum atomic E-state index is 12.7. The van der Waals surface area contributed by atoms with Crippen molar-refractivity contribution in [2.45, 2.75) is 57.3 Å². The minimum atomic E-state index is -1.80. The molecule has 0 amide bonds. The minimum absolute atomic E-state index is 0.0268. The first kappa shape index (κ1) is 20.4. The fraction of sp³-hybridized carbons (Fsp3) is 0.579. The van der Waals surface area contributed by atoms with E-state index in [1.165, 1.54) is 4.46 Å². The van der Waals surface area contributed by atoms with Gasteiger partial charge in [-0.3, -0.25) is 0 Å². The van der Waals surface area contributed by atoms with Crippen LogP contribution in [0.2, 0.25) is 19.6 Å². The molecule has 0 aliphatic heterocycles. The summed E-state index contributed by atoms with van der Waals surface area (Å²) in [5.41, 5.74) is -1.00. The molecule has 1 aromatic carbocycles. The molecule has 4 nitrogen and oxygen atoms in total. The Bertz CT molecular complexity index is 599. The molecule has 0 bridgehead atoms. The second-order valence-corrected chi connectivity index (χ2v) is 14.4. The molecule has 1 aliphatic carbocycles. The average molecular weight is 427 g/mol. The molecule has 0 saturated heterocycles. The van der Waals surface area contributed by atoms with Gasteiger partial charge < -0.3 is 0 Å². The molecule has 138 valence electrons. The van der Waals surface area contributed by atoms with Gasteiger partial charge >= 0.3 is 158 Å². The average Bonchev–Trinajstić information content (AvgIpc) is 2.89. The van der Waals surface area contributed by atoms with Gasteiger partial charge in [-0.2, -0.15) is 0 Å². The summed E-state index contributed by atoms with van der Waals surface area (Å²) in [4.78, 5) is 25.3. The summed E-state index contributed by atoms with van der Waals surface area (Å²) in [6, 6.07) is 10.2. The second kappa shape index (κ2) is 8.63. The molecule has 2 atom stereocenters. The number of Topliss-reactive ketones (excluding diaryl/α,β-unsaturated/α-hetero) is 1. The third kappa shape index (κ3) is 5.51. The van der Waals surface area contributed by atoms with Crippen LogP contribution < -0.4 is 4.46 Å². The normalized spacial score (nSPS) is 22.0. The maximum absolute atomic E-state index is 12.7. The standard InChI is InChI=1S/C19H28O4SeSi/c1-5-22-18(21)19(13-9-12-16(19)20)14-17(23-25(2,3)4)24-15-10-7-6-8-11-15/h6-8,10-11,17H,5,9,12-14H2,1-4H3. The fourth-order valence-electron chi connectivity index (χ4n) is 3.15. The van der Waals surface area contributed by atoms with Crippen LogP contribution in [0, 0.1) is 5.41 Å². The van der Waals surface area contributed by atoms with E-state index in [1.54, 1.807) is 6.92 Å². The van der Waals surface area contributed by atoms with Gasteiger partial charge in [-0.25, -0.2) is 0 Å². The van der Waals surface area contributed by atoms with Gasteiger partial charge in [-0.05, 0) is 0 Å². The number of hydrogen-bond acceptors (Lipinski definition) is 4. The van der Waals surface area contributed by atoms with Crippen LogP contribution >= 0.6 is 0 Å². The van der Waals surface area contributed by atoms with Gasteiger partial charge in [0.25, 0.3) is 0 Å². The van der Waals surface area contributed by atoms with E-state index in [0.717, 1.165) is 6.42 Å². The Morgan fingerprint density at radius 3 is 2.48 bits per heavy atom. The third-order valence-corrected chi connectivity index (χ3v) is 7.84. The van der Waals surface area contributed by atoms with Crippen LogP contribution in [0.4, 0.5) is 0 Å². The first-order valence-electron chi connectivity index (χ1n) is 8.87. The van der Waals surface area contributed by atoms with E-state index in [1.807, 2.05) is 18.2 Å². The Labute approximate surface area is 158 Å². The fourth-order valence-corrected chi connectivity index (χ4v) is 8.26. The zero-order valence-corrected chi connectivity index (χ0v) is 18.3. The summed E-state index contributed by atoms with van der Waals surface area (Å²) in [6.45, 7) is 8.53. The number of carbonyl (C=O) groups is 2. The summed E-state index contributed by atoms with van der Waals surface area (Å²) < 4.78 is 12.9. The van der Waals surface area contributed by atoms with Gasteiger partial charge in [0.2, 0.25) is 0 Å². The van der Waals surface area contributed by atoms with Gasteiger partial charge in [0.15, 0.2) is 0 Å². The van der Waals surface area contributed by atoms with Gasteiger partial charge in [-0.1, -0.05) is 0 Å². The number of rotatable bonds is 8. The molecule has 2 unspecified atom stereocenters. The van der Waals surface area contributed by atoms with Crippen molar-refractivity contribution in [3.63, 3.8) is 0 Å². The number of carbonyl (C=O) groups excluding carboxylic acids is 2. The van der Waals surface area contributed by atoms with Crippen LogP contribution in [0.1, 0.15) is 32.6 Å². The molecule has 2 rings (SSSR count). The number of ether oxygens (including phenoxy) is 1. The Morgan fingerprint density at radius 2 is 1.96 bits per heavy atom. The monoisotopic (exact) mass is 428 g/mol. The predicted molar refractivity (Wildman–Crippen MR) is 103 cm³/mol.